The average molecular weight is 312 g/mol. The van der Waals surface area contributed by atoms with Crippen molar-refractivity contribution >= 4 is 28.8 Å². The molecule has 0 saturated heterocycles. The van der Waals surface area contributed by atoms with Gasteiger partial charge in [-0.3, -0.25) is 4.79 Å². The van der Waals surface area contributed by atoms with E-state index in [4.69, 9.17) is 16.3 Å². The Morgan fingerprint density at radius 1 is 1.50 bits per heavy atom. The van der Waals surface area contributed by atoms with E-state index in [0.717, 1.165) is 5.69 Å². The molecule has 0 unspecified atom stereocenters. The molecule has 2 aromatic heterocycles. The highest BCUT2D eigenvalue weighted by atomic mass is 35.5. The van der Waals surface area contributed by atoms with Crippen molar-refractivity contribution in [3.05, 3.63) is 39.4 Å². The number of nitrogens with one attached hydrogen (secondary N) is 1. The molecule has 0 aliphatic carbocycles. The third kappa shape index (κ3) is 3.91. The van der Waals surface area contributed by atoms with Gasteiger partial charge in [-0.2, -0.15) is 0 Å². The molecule has 1 amide bonds. The zero-order chi connectivity index (χ0) is 14.4. The number of rotatable bonds is 6. The van der Waals surface area contributed by atoms with E-state index >= 15 is 0 Å². The van der Waals surface area contributed by atoms with Crippen LogP contribution >= 0.6 is 22.9 Å². The Balaban J connectivity index is 1.90. The second-order valence-electron chi connectivity index (χ2n) is 3.93. The van der Waals surface area contributed by atoms with Gasteiger partial charge in [0.1, 0.15) is 5.02 Å². The van der Waals surface area contributed by atoms with Crippen LogP contribution in [0, 0.1) is 0 Å². The summed E-state index contributed by atoms with van der Waals surface area (Å²) in [4.78, 5) is 20.1. The molecule has 0 bridgehead atoms. The highest BCUT2D eigenvalue weighted by Gasteiger charge is 2.10. The zero-order valence-corrected chi connectivity index (χ0v) is 12.5. The van der Waals surface area contributed by atoms with Crippen molar-refractivity contribution in [2.24, 2.45) is 0 Å². The minimum absolute atomic E-state index is 0.210. The Kier molecular flexibility index (Phi) is 5.31. The highest BCUT2D eigenvalue weighted by Crippen LogP contribution is 2.22. The van der Waals surface area contributed by atoms with Gasteiger partial charge in [-0.05, 0) is 13.0 Å². The lowest BCUT2D eigenvalue weighted by atomic mass is 10.2. The predicted molar refractivity (Wildman–Crippen MR) is 78.6 cm³/mol. The first-order valence-electron chi connectivity index (χ1n) is 6.14. The molecular weight excluding hydrogens is 298 g/mol. The number of carbonyl (C=O) groups excluding carboxylic acids is 1. The number of halogens is 1. The van der Waals surface area contributed by atoms with Gasteiger partial charge in [0.05, 0.1) is 23.4 Å². The van der Waals surface area contributed by atoms with Crippen molar-refractivity contribution in [1.82, 2.24) is 15.3 Å². The van der Waals surface area contributed by atoms with E-state index in [-0.39, 0.29) is 5.91 Å². The summed E-state index contributed by atoms with van der Waals surface area (Å²) in [5.74, 6) is 0.130. The van der Waals surface area contributed by atoms with E-state index in [1.54, 1.807) is 11.6 Å². The van der Waals surface area contributed by atoms with Crippen molar-refractivity contribution in [2.75, 3.05) is 13.2 Å². The van der Waals surface area contributed by atoms with Gasteiger partial charge in [-0.25, -0.2) is 9.97 Å². The molecule has 1 N–H and O–H groups in total. The topological polar surface area (TPSA) is 64.1 Å². The summed E-state index contributed by atoms with van der Waals surface area (Å²) in [5.41, 5.74) is 3.16. The quantitative estimate of drug-likeness (QED) is 0.890. The lowest BCUT2D eigenvalue weighted by molar-refractivity contribution is 0.0953. The highest BCUT2D eigenvalue weighted by molar-refractivity contribution is 7.07. The van der Waals surface area contributed by atoms with Gasteiger partial charge < -0.3 is 10.1 Å². The molecule has 2 heterocycles. The van der Waals surface area contributed by atoms with Crippen LogP contribution in [0.25, 0.3) is 0 Å². The fourth-order valence-electron chi connectivity index (χ4n) is 1.56. The van der Waals surface area contributed by atoms with Crippen LogP contribution in [0.4, 0.5) is 0 Å². The smallest absolute Gasteiger partial charge is 0.252 e. The monoisotopic (exact) mass is 311 g/mol. The SMILES string of the molecule is CCOc1ncc(C(=O)NCCc2cscn2)cc1Cl. The fraction of sp³-hybridized carbons (Fsp3) is 0.308. The van der Waals surface area contributed by atoms with Gasteiger partial charge in [0, 0.05) is 24.5 Å². The van der Waals surface area contributed by atoms with E-state index in [2.05, 4.69) is 15.3 Å². The number of nitrogens with zero attached hydrogens (tertiary/aromatic N) is 2. The van der Waals surface area contributed by atoms with E-state index in [1.807, 2.05) is 12.3 Å². The number of aromatic nitrogens is 2. The van der Waals surface area contributed by atoms with E-state index < -0.39 is 0 Å². The molecule has 0 aromatic carbocycles. The summed E-state index contributed by atoms with van der Waals surface area (Å²) in [7, 11) is 0. The third-order valence-electron chi connectivity index (χ3n) is 2.50. The van der Waals surface area contributed by atoms with Crippen LogP contribution in [-0.4, -0.2) is 29.0 Å². The first-order chi connectivity index (χ1) is 9.70. The Morgan fingerprint density at radius 3 is 3.00 bits per heavy atom. The van der Waals surface area contributed by atoms with Gasteiger partial charge in [0.15, 0.2) is 0 Å². The number of ether oxygens (including phenoxy) is 1. The molecule has 0 spiro atoms. The number of thiazole rings is 1. The number of hydrogen-bond donors (Lipinski definition) is 1. The van der Waals surface area contributed by atoms with Crippen molar-refractivity contribution in [1.29, 1.82) is 0 Å². The minimum atomic E-state index is -0.210. The molecule has 0 saturated carbocycles. The van der Waals surface area contributed by atoms with Crippen LogP contribution in [0.5, 0.6) is 5.88 Å². The summed E-state index contributed by atoms with van der Waals surface area (Å²) in [5, 5.41) is 5.09. The van der Waals surface area contributed by atoms with Crippen molar-refractivity contribution < 1.29 is 9.53 Å². The second kappa shape index (κ2) is 7.21. The Morgan fingerprint density at radius 2 is 2.35 bits per heavy atom. The van der Waals surface area contributed by atoms with Crippen LogP contribution < -0.4 is 10.1 Å². The molecule has 5 nitrogen and oxygen atoms in total. The predicted octanol–water partition coefficient (Wildman–Crippen LogP) is 2.56. The van der Waals surface area contributed by atoms with Gasteiger partial charge in [-0.1, -0.05) is 11.6 Å². The first-order valence-corrected chi connectivity index (χ1v) is 7.46. The maximum absolute atomic E-state index is 11.9. The molecule has 7 heteroatoms. The summed E-state index contributed by atoms with van der Waals surface area (Å²) in [6.07, 6.45) is 2.16. The van der Waals surface area contributed by atoms with Crippen LogP contribution in [-0.2, 0) is 6.42 Å². The third-order valence-corrected chi connectivity index (χ3v) is 3.41. The van der Waals surface area contributed by atoms with Gasteiger partial charge in [-0.15, -0.1) is 11.3 Å². The summed E-state index contributed by atoms with van der Waals surface area (Å²) in [6.45, 7) is 2.84. The van der Waals surface area contributed by atoms with E-state index in [0.29, 0.717) is 36.0 Å². The second-order valence-corrected chi connectivity index (χ2v) is 5.06. The van der Waals surface area contributed by atoms with Gasteiger partial charge in [0.25, 0.3) is 5.91 Å². The Bertz CT molecular complexity index is 575. The molecular formula is C13H14ClN3O2S. The first kappa shape index (κ1) is 14.7. The van der Waals surface area contributed by atoms with Crippen molar-refractivity contribution in [3.63, 3.8) is 0 Å². The summed E-state index contributed by atoms with van der Waals surface area (Å²) >= 11 is 7.53. The molecule has 2 rings (SSSR count). The van der Waals surface area contributed by atoms with E-state index in [1.165, 1.54) is 17.5 Å². The maximum atomic E-state index is 11.9. The summed E-state index contributed by atoms with van der Waals surface area (Å²) in [6, 6.07) is 1.55. The zero-order valence-electron chi connectivity index (χ0n) is 10.9. The number of amides is 1. The fourth-order valence-corrected chi connectivity index (χ4v) is 2.37. The molecule has 20 heavy (non-hydrogen) atoms. The Labute approximate surface area is 126 Å². The van der Waals surface area contributed by atoms with Gasteiger partial charge >= 0.3 is 0 Å². The molecule has 0 atom stereocenters. The molecule has 0 radical (unpaired) electrons. The molecule has 0 aliphatic rings. The van der Waals surface area contributed by atoms with Crippen molar-refractivity contribution in [2.45, 2.75) is 13.3 Å². The number of carbonyl (C=O) groups is 1. The largest absolute Gasteiger partial charge is 0.477 e. The lowest BCUT2D eigenvalue weighted by Crippen LogP contribution is -2.25. The molecule has 2 aromatic rings. The molecule has 0 fully saturated rings. The van der Waals surface area contributed by atoms with Crippen LogP contribution in [0.15, 0.2) is 23.2 Å². The molecule has 106 valence electrons. The maximum Gasteiger partial charge on any atom is 0.252 e. The standard InChI is InChI=1S/C13H14ClN3O2S/c1-2-19-13-11(14)5-9(6-16-13)12(18)15-4-3-10-7-20-8-17-10/h5-8H,2-4H2,1H3,(H,15,18). The van der Waals surface area contributed by atoms with Crippen molar-refractivity contribution in [3.8, 4) is 5.88 Å². The van der Waals surface area contributed by atoms with Crippen LogP contribution in [0.1, 0.15) is 23.0 Å². The minimum Gasteiger partial charge on any atom is -0.477 e. The Hall–Kier alpha value is -1.66. The van der Waals surface area contributed by atoms with Crippen LogP contribution in [0.2, 0.25) is 5.02 Å². The number of pyridine rings is 1. The normalized spacial score (nSPS) is 10.3. The summed E-state index contributed by atoms with van der Waals surface area (Å²) < 4.78 is 5.22. The van der Waals surface area contributed by atoms with Crippen LogP contribution in [0.3, 0.4) is 0 Å². The van der Waals surface area contributed by atoms with Gasteiger partial charge in [0.2, 0.25) is 5.88 Å². The average Bonchev–Trinajstić information content (AvgIpc) is 2.94. The van der Waals surface area contributed by atoms with E-state index in [9.17, 15) is 4.79 Å². The lowest BCUT2D eigenvalue weighted by Gasteiger charge is -2.07. The molecule has 0 aliphatic heterocycles. The number of hydrogen-bond acceptors (Lipinski definition) is 5.